The summed E-state index contributed by atoms with van der Waals surface area (Å²) >= 11 is 0. The lowest BCUT2D eigenvalue weighted by molar-refractivity contribution is 0.727. The van der Waals surface area contributed by atoms with Gasteiger partial charge in [-0.05, 0) is 30.7 Å². The van der Waals surface area contributed by atoms with Crippen molar-refractivity contribution < 1.29 is 0 Å². The third kappa shape index (κ3) is 2.74. The first-order chi connectivity index (χ1) is 8.20. The van der Waals surface area contributed by atoms with Crippen LogP contribution in [0.2, 0.25) is 0 Å². The number of hydrogen-bond acceptors (Lipinski definition) is 2. The van der Waals surface area contributed by atoms with Crippen LogP contribution in [0.3, 0.4) is 0 Å². The van der Waals surface area contributed by atoms with E-state index < -0.39 is 0 Å². The lowest BCUT2D eigenvalue weighted by Crippen LogP contribution is -2.11. The minimum atomic E-state index is 0.913. The average molecular weight is 229 g/mol. The first-order valence-corrected chi connectivity index (χ1v) is 5.99. The van der Waals surface area contributed by atoms with Crippen LogP contribution in [-0.4, -0.2) is 16.1 Å². The third-order valence-corrected chi connectivity index (χ3v) is 2.86. The smallest absolute Gasteiger partial charge is 0.0951 e. The fourth-order valence-corrected chi connectivity index (χ4v) is 1.88. The molecule has 1 heterocycles. The number of aromatic nitrogens is 2. The Labute approximate surface area is 103 Å². The molecule has 0 aliphatic carbocycles. The maximum absolute atomic E-state index is 4.41. The second-order valence-corrected chi connectivity index (χ2v) is 4.35. The van der Waals surface area contributed by atoms with Gasteiger partial charge in [0.2, 0.25) is 0 Å². The lowest BCUT2D eigenvalue weighted by Gasteiger charge is -2.07. The second kappa shape index (κ2) is 5.15. The first kappa shape index (κ1) is 11.9. The van der Waals surface area contributed by atoms with Crippen molar-refractivity contribution in [1.82, 2.24) is 14.9 Å². The van der Waals surface area contributed by atoms with Crippen molar-refractivity contribution in [1.29, 1.82) is 0 Å². The molecule has 1 aromatic carbocycles. The van der Waals surface area contributed by atoms with Gasteiger partial charge in [0.05, 0.1) is 12.0 Å². The van der Waals surface area contributed by atoms with Crippen LogP contribution in [0.25, 0.3) is 11.3 Å². The highest BCUT2D eigenvalue weighted by atomic mass is 15.0. The van der Waals surface area contributed by atoms with E-state index in [1.54, 1.807) is 0 Å². The van der Waals surface area contributed by atoms with E-state index >= 15 is 0 Å². The zero-order valence-corrected chi connectivity index (χ0v) is 10.7. The van der Waals surface area contributed by atoms with Crippen molar-refractivity contribution in [3.8, 4) is 11.3 Å². The van der Waals surface area contributed by atoms with Gasteiger partial charge >= 0.3 is 0 Å². The van der Waals surface area contributed by atoms with Gasteiger partial charge in [-0.1, -0.05) is 19.1 Å². The van der Waals surface area contributed by atoms with Crippen LogP contribution >= 0.6 is 0 Å². The zero-order valence-electron chi connectivity index (χ0n) is 10.7. The Balaban J connectivity index is 2.32. The second-order valence-electron chi connectivity index (χ2n) is 4.35. The minimum absolute atomic E-state index is 0.913. The number of benzene rings is 1. The van der Waals surface area contributed by atoms with Crippen molar-refractivity contribution in [2.75, 3.05) is 6.54 Å². The molecule has 2 aromatic rings. The van der Waals surface area contributed by atoms with Gasteiger partial charge in [-0.25, -0.2) is 4.98 Å². The van der Waals surface area contributed by atoms with Crippen LogP contribution in [0.1, 0.15) is 18.1 Å². The molecule has 0 unspecified atom stereocenters. The molecule has 3 heteroatoms. The zero-order chi connectivity index (χ0) is 12.3. The molecule has 0 radical (unpaired) electrons. The van der Waals surface area contributed by atoms with Gasteiger partial charge in [-0.3, -0.25) is 0 Å². The predicted molar refractivity (Wildman–Crippen MR) is 70.8 cm³/mol. The summed E-state index contributed by atoms with van der Waals surface area (Å²) in [6.45, 7) is 6.15. The van der Waals surface area contributed by atoms with Crippen LogP contribution in [0.5, 0.6) is 0 Å². The van der Waals surface area contributed by atoms with E-state index in [1.807, 2.05) is 17.9 Å². The Morgan fingerprint density at radius 3 is 2.82 bits per heavy atom. The van der Waals surface area contributed by atoms with E-state index in [9.17, 15) is 0 Å². The van der Waals surface area contributed by atoms with Crippen LogP contribution in [0.4, 0.5) is 0 Å². The quantitative estimate of drug-likeness (QED) is 0.873. The van der Waals surface area contributed by atoms with Crippen molar-refractivity contribution in [3.63, 3.8) is 0 Å². The van der Waals surface area contributed by atoms with Crippen molar-refractivity contribution in [2.24, 2.45) is 7.05 Å². The minimum Gasteiger partial charge on any atom is -0.340 e. The van der Waals surface area contributed by atoms with Gasteiger partial charge in [0, 0.05) is 25.4 Å². The Kier molecular flexibility index (Phi) is 3.59. The van der Waals surface area contributed by atoms with E-state index in [1.165, 1.54) is 16.7 Å². The number of imidazole rings is 1. The molecular formula is C14H19N3. The number of nitrogens with one attached hydrogen (secondary N) is 1. The highest BCUT2D eigenvalue weighted by Gasteiger charge is 2.05. The topological polar surface area (TPSA) is 29.9 Å². The molecule has 0 aliphatic heterocycles. The van der Waals surface area contributed by atoms with E-state index in [4.69, 9.17) is 0 Å². The van der Waals surface area contributed by atoms with Gasteiger partial charge in [0.1, 0.15) is 0 Å². The summed E-state index contributed by atoms with van der Waals surface area (Å²) in [5.74, 6) is 0. The SMILES string of the molecule is CCNCc1ccc(C)c(-c2cn(C)cn2)c1. The molecule has 0 amide bonds. The summed E-state index contributed by atoms with van der Waals surface area (Å²) in [6, 6.07) is 6.56. The van der Waals surface area contributed by atoms with Crippen LogP contribution < -0.4 is 5.32 Å². The van der Waals surface area contributed by atoms with E-state index in [0.717, 1.165) is 18.8 Å². The van der Waals surface area contributed by atoms with E-state index in [-0.39, 0.29) is 0 Å². The molecule has 0 aliphatic rings. The maximum atomic E-state index is 4.41. The number of hydrogen-bond donors (Lipinski definition) is 1. The molecule has 0 bridgehead atoms. The molecular weight excluding hydrogens is 210 g/mol. The summed E-state index contributed by atoms with van der Waals surface area (Å²) < 4.78 is 1.98. The largest absolute Gasteiger partial charge is 0.340 e. The standard InChI is InChI=1S/C14H19N3/c1-4-15-8-12-6-5-11(2)13(7-12)14-9-17(3)10-16-14/h5-7,9-10,15H,4,8H2,1-3H3. The summed E-state index contributed by atoms with van der Waals surface area (Å²) in [7, 11) is 1.99. The summed E-state index contributed by atoms with van der Waals surface area (Å²) in [6.07, 6.45) is 3.89. The van der Waals surface area contributed by atoms with Crippen molar-refractivity contribution in [3.05, 3.63) is 41.9 Å². The van der Waals surface area contributed by atoms with Gasteiger partial charge < -0.3 is 9.88 Å². The normalized spacial score (nSPS) is 10.8. The molecule has 2 rings (SSSR count). The predicted octanol–water partition coefficient (Wildman–Crippen LogP) is 2.51. The fraction of sp³-hybridized carbons (Fsp3) is 0.357. The molecule has 0 spiro atoms. The Morgan fingerprint density at radius 1 is 1.35 bits per heavy atom. The van der Waals surface area contributed by atoms with Crippen LogP contribution in [-0.2, 0) is 13.6 Å². The Bertz CT molecular complexity index is 500. The van der Waals surface area contributed by atoms with Gasteiger partial charge in [0.25, 0.3) is 0 Å². The number of nitrogens with zero attached hydrogens (tertiary/aromatic N) is 2. The molecule has 1 aromatic heterocycles. The number of rotatable bonds is 4. The van der Waals surface area contributed by atoms with Gasteiger partial charge in [0.15, 0.2) is 0 Å². The summed E-state index contributed by atoms with van der Waals surface area (Å²) in [5, 5.41) is 3.34. The molecule has 3 nitrogen and oxygen atoms in total. The van der Waals surface area contributed by atoms with Gasteiger partial charge in [-0.15, -0.1) is 0 Å². The Hall–Kier alpha value is -1.61. The van der Waals surface area contributed by atoms with E-state index in [2.05, 4.69) is 48.5 Å². The van der Waals surface area contributed by atoms with Crippen molar-refractivity contribution in [2.45, 2.75) is 20.4 Å². The van der Waals surface area contributed by atoms with E-state index in [0.29, 0.717) is 0 Å². The monoisotopic (exact) mass is 229 g/mol. The van der Waals surface area contributed by atoms with Gasteiger partial charge in [-0.2, -0.15) is 0 Å². The molecule has 0 fully saturated rings. The lowest BCUT2D eigenvalue weighted by atomic mass is 10.0. The third-order valence-electron chi connectivity index (χ3n) is 2.86. The molecule has 1 N–H and O–H groups in total. The summed E-state index contributed by atoms with van der Waals surface area (Å²) in [5.41, 5.74) is 4.84. The van der Waals surface area contributed by atoms with Crippen LogP contribution in [0, 0.1) is 6.92 Å². The van der Waals surface area contributed by atoms with Crippen molar-refractivity contribution >= 4 is 0 Å². The van der Waals surface area contributed by atoms with Crippen LogP contribution in [0.15, 0.2) is 30.7 Å². The molecule has 17 heavy (non-hydrogen) atoms. The fourth-order valence-electron chi connectivity index (χ4n) is 1.88. The highest BCUT2D eigenvalue weighted by Crippen LogP contribution is 2.22. The first-order valence-electron chi connectivity index (χ1n) is 5.99. The summed E-state index contributed by atoms with van der Waals surface area (Å²) in [4.78, 5) is 4.41. The molecule has 0 atom stereocenters. The Morgan fingerprint density at radius 2 is 2.18 bits per heavy atom. The number of aryl methyl sites for hydroxylation is 2. The maximum Gasteiger partial charge on any atom is 0.0951 e. The molecule has 0 saturated carbocycles. The average Bonchev–Trinajstić information content (AvgIpc) is 2.75. The molecule has 0 saturated heterocycles. The highest BCUT2D eigenvalue weighted by molar-refractivity contribution is 5.63. The molecule has 90 valence electrons.